The van der Waals surface area contributed by atoms with Gasteiger partial charge in [-0.3, -0.25) is 4.99 Å². The maximum absolute atomic E-state index is 13.2. The predicted octanol–water partition coefficient (Wildman–Crippen LogP) is 6.45. The fourth-order valence-corrected chi connectivity index (χ4v) is 3.12. The van der Waals surface area contributed by atoms with Gasteiger partial charge in [0.25, 0.3) is 0 Å². The topological polar surface area (TPSA) is 25.2 Å². The normalized spacial score (nSPS) is 15.5. The smallest absolute Gasteiger partial charge is 0.122 e. The molecule has 0 aromatic carbocycles. The summed E-state index contributed by atoms with van der Waals surface area (Å²) >= 11 is 7.45. The van der Waals surface area contributed by atoms with Crippen molar-refractivity contribution in [2.45, 2.75) is 24.8 Å². The summed E-state index contributed by atoms with van der Waals surface area (Å²) in [6.07, 6.45) is 9.12. The second-order valence-corrected chi connectivity index (χ2v) is 6.67. The minimum absolute atomic E-state index is 0.368. The van der Waals surface area contributed by atoms with Crippen molar-refractivity contribution >= 4 is 29.1 Å². The summed E-state index contributed by atoms with van der Waals surface area (Å²) in [5.41, 5.74) is 2.83. The van der Waals surface area contributed by atoms with Gasteiger partial charge in [0.2, 0.25) is 0 Å². The molecule has 0 saturated heterocycles. The van der Waals surface area contributed by atoms with Crippen LogP contribution in [0.3, 0.4) is 0 Å². The van der Waals surface area contributed by atoms with Gasteiger partial charge in [0.05, 0.1) is 10.7 Å². The Bertz CT molecular complexity index is 758. The molecule has 2 nitrogen and oxygen atoms in total. The van der Waals surface area contributed by atoms with E-state index in [1.54, 1.807) is 24.0 Å². The number of hydrogen-bond donors (Lipinski definition) is 0. The van der Waals surface area contributed by atoms with Crippen LogP contribution >= 0.6 is 23.4 Å². The number of aliphatic imine (C=N–C) groups is 1. The molecule has 0 spiro atoms. The highest BCUT2D eigenvalue weighted by Gasteiger charge is 2.19. The molecule has 124 valence electrons. The lowest BCUT2D eigenvalue weighted by atomic mass is 10.1. The summed E-state index contributed by atoms with van der Waals surface area (Å²) in [5.74, 6) is -0.368. The van der Waals surface area contributed by atoms with E-state index in [-0.39, 0.29) is 5.83 Å². The van der Waals surface area contributed by atoms with Gasteiger partial charge >= 0.3 is 0 Å². The summed E-state index contributed by atoms with van der Waals surface area (Å²) < 4.78 is 13.2. The second-order valence-electron chi connectivity index (χ2n) is 5.12. The quantitative estimate of drug-likeness (QED) is 0.412. The van der Waals surface area contributed by atoms with Gasteiger partial charge in [-0.05, 0) is 36.8 Å². The van der Waals surface area contributed by atoms with E-state index < -0.39 is 0 Å². The minimum Gasteiger partial charge on any atom is -0.256 e. The van der Waals surface area contributed by atoms with Crippen LogP contribution in [0.4, 0.5) is 4.39 Å². The molecule has 0 atom stereocenters. The summed E-state index contributed by atoms with van der Waals surface area (Å²) in [5, 5.41) is 1.48. The standard InChI is InChI=1S/C19H18ClFN2S/c1-4-6-16-18(24-19-10-8-14(20)12-22-19)11-17(23-16)13(3)7-9-15(21)5-2/h4-5,7-10,12H,1-2,6,11H2,3H3/b13-7+,15-9+. The number of hydrogen-bond acceptors (Lipinski definition) is 3. The average Bonchev–Trinajstić information content (AvgIpc) is 2.97. The van der Waals surface area contributed by atoms with Crippen LogP contribution in [-0.2, 0) is 0 Å². The van der Waals surface area contributed by atoms with Gasteiger partial charge < -0.3 is 0 Å². The Hall–Kier alpha value is -1.91. The van der Waals surface area contributed by atoms with Crippen molar-refractivity contribution in [1.29, 1.82) is 0 Å². The number of thioether (sulfide) groups is 1. The van der Waals surface area contributed by atoms with Crippen molar-refractivity contribution in [3.8, 4) is 0 Å². The van der Waals surface area contributed by atoms with Crippen LogP contribution in [0.5, 0.6) is 0 Å². The molecule has 0 bridgehead atoms. The van der Waals surface area contributed by atoms with Gasteiger partial charge in [-0.25, -0.2) is 9.37 Å². The fourth-order valence-electron chi connectivity index (χ4n) is 2.06. The Morgan fingerprint density at radius 3 is 2.79 bits per heavy atom. The largest absolute Gasteiger partial charge is 0.256 e. The molecular weight excluding hydrogens is 343 g/mol. The van der Waals surface area contributed by atoms with E-state index in [1.807, 2.05) is 25.1 Å². The van der Waals surface area contributed by atoms with Gasteiger partial charge in [-0.1, -0.05) is 42.1 Å². The van der Waals surface area contributed by atoms with Gasteiger partial charge in [0, 0.05) is 29.7 Å². The SMILES string of the molecule is C=CCC1=C(Sc2ccc(Cl)cn2)CC(/C(C)=C/C=C(/F)C=C)=N1. The van der Waals surface area contributed by atoms with Crippen LogP contribution in [0.2, 0.25) is 5.02 Å². The van der Waals surface area contributed by atoms with E-state index in [0.29, 0.717) is 17.9 Å². The molecule has 1 aliphatic heterocycles. The lowest BCUT2D eigenvalue weighted by Gasteiger charge is -2.04. The van der Waals surface area contributed by atoms with Crippen molar-refractivity contribution in [2.24, 2.45) is 4.99 Å². The Morgan fingerprint density at radius 1 is 1.38 bits per heavy atom. The molecular formula is C19H18ClFN2S. The maximum Gasteiger partial charge on any atom is 0.122 e. The van der Waals surface area contributed by atoms with Crippen molar-refractivity contribution in [2.75, 3.05) is 0 Å². The average molecular weight is 361 g/mol. The summed E-state index contributed by atoms with van der Waals surface area (Å²) in [6, 6.07) is 3.70. The molecule has 1 aromatic rings. The molecule has 0 fully saturated rings. The maximum atomic E-state index is 13.2. The van der Waals surface area contributed by atoms with E-state index in [1.165, 1.54) is 12.2 Å². The predicted molar refractivity (Wildman–Crippen MR) is 102 cm³/mol. The molecule has 2 heterocycles. The van der Waals surface area contributed by atoms with Gasteiger partial charge in [0.1, 0.15) is 10.9 Å². The molecule has 1 aliphatic rings. The van der Waals surface area contributed by atoms with Crippen LogP contribution < -0.4 is 0 Å². The highest BCUT2D eigenvalue weighted by atomic mass is 35.5. The van der Waals surface area contributed by atoms with Gasteiger partial charge in [-0.15, -0.1) is 6.58 Å². The third-order valence-corrected chi connectivity index (χ3v) is 4.63. The second kappa shape index (κ2) is 8.81. The molecule has 2 rings (SSSR count). The van der Waals surface area contributed by atoms with Crippen LogP contribution in [0.25, 0.3) is 0 Å². The number of pyridine rings is 1. The number of rotatable bonds is 7. The Kier molecular flexibility index (Phi) is 6.76. The third-order valence-electron chi connectivity index (χ3n) is 3.33. The Morgan fingerprint density at radius 2 is 2.17 bits per heavy atom. The van der Waals surface area contributed by atoms with Gasteiger partial charge in [-0.2, -0.15) is 0 Å². The summed E-state index contributed by atoms with van der Waals surface area (Å²) in [4.78, 5) is 10.1. The van der Waals surface area contributed by atoms with Crippen molar-refractivity contribution < 1.29 is 4.39 Å². The van der Waals surface area contributed by atoms with Crippen molar-refractivity contribution in [3.63, 3.8) is 0 Å². The number of aromatic nitrogens is 1. The van der Waals surface area contributed by atoms with Gasteiger partial charge in [0.15, 0.2) is 0 Å². The lowest BCUT2D eigenvalue weighted by molar-refractivity contribution is 0.668. The number of nitrogens with zero attached hydrogens (tertiary/aromatic N) is 2. The third kappa shape index (κ3) is 5.05. The fraction of sp³-hybridized carbons (Fsp3) is 0.158. The molecule has 0 amide bonds. The first-order valence-electron chi connectivity index (χ1n) is 7.40. The molecule has 0 N–H and O–H groups in total. The van der Waals surface area contributed by atoms with E-state index in [9.17, 15) is 4.39 Å². The lowest BCUT2D eigenvalue weighted by Crippen LogP contribution is -1.96. The van der Waals surface area contributed by atoms with E-state index >= 15 is 0 Å². The van der Waals surface area contributed by atoms with Crippen LogP contribution in [0.1, 0.15) is 19.8 Å². The molecule has 0 unspecified atom stereocenters. The molecule has 0 saturated carbocycles. The molecule has 0 radical (unpaired) electrons. The monoisotopic (exact) mass is 360 g/mol. The van der Waals surface area contributed by atoms with E-state index in [0.717, 1.165) is 26.9 Å². The molecule has 5 heteroatoms. The highest BCUT2D eigenvalue weighted by molar-refractivity contribution is 8.03. The van der Waals surface area contributed by atoms with Crippen LogP contribution in [0.15, 0.2) is 87.8 Å². The minimum atomic E-state index is -0.368. The van der Waals surface area contributed by atoms with E-state index in [4.69, 9.17) is 11.6 Å². The summed E-state index contributed by atoms with van der Waals surface area (Å²) in [7, 11) is 0. The van der Waals surface area contributed by atoms with Crippen LogP contribution in [-0.4, -0.2) is 10.7 Å². The first-order valence-corrected chi connectivity index (χ1v) is 8.59. The van der Waals surface area contributed by atoms with Crippen molar-refractivity contribution in [1.82, 2.24) is 4.98 Å². The zero-order valence-electron chi connectivity index (χ0n) is 13.4. The molecule has 24 heavy (non-hydrogen) atoms. The zero-order chi connectivity index (χ0) is 17.5. The van der Waals surface area contributed by atoms with Crippen LogP contribution in [0, 0.1) is 0 Å². The zero-order valence-corrected chi connectivity index (χ0v) is 15.0. The van der Waals surface area contributed by atoms with Crippen molar-refractivity contribution in [3.05, 3.63) is 82.8 Å². The number of allylic oxidation sites excluding steroid dienone is 7. The molecule has 1 aromatic heterocycles. The number of halogens is 2. The highest BCUT2D eigenvalue weighted by Crippen LogP contribution is 2.37. The Balaban J connectivity index is 2.18. The molecule has 0 aliphatic carbocycles. The Labute approximate surface area is 151 Å². The first-order chi connectivity index (χ1) is 11.5. The van der Waals surface area contributed by atoms with E-state index in [2.05, 4.69) is 23.1 Å². The summed E-state index contributed by atoms with van der Waals surface area (Å²) in [6.45, 7) is 9.10. The first kappa shape index (κ1) is 18.4.